The Bertz CT molecular complexity index is 471. The molecule has 88 valence electrons. The van der Waals surface area contributed by atoms with Crippen molar-refractivity contribution in [1.29, 1.82) is 0 Å². The maximum atomic E-state index is 9.00. The molecule has 3 N–H and O–H groups in total. The largest absolute Gasteiger partial charge is 0.457 e. The summed E-state index contributed by atoms with van der Waals surface area (Å²) in [6.07, 6.45) is 0. The molecule has 2 aromatic carbocycles. The fraction of sp³-hybridized carbons (Fsp3) is 0.143. The number of hydrogen-bond acceptors (Lipinski definition) is 3. The van der Waals surface area contributed by atoms with Gasteiger partial charge in [-0.15, -0.1) is 0 Å². The number of hydrogen-bond donors (Lipinski definition) is 2. The van der Waals surface area contributed by atoms with Gasteiger partial charge in [-0.2, -0.15) is 0 Å². The highest BCUT2D eigenvalue weighted by molar-refractivity contribution is 5.34. The van der Waals surface area contributed by atoms with Crippen LogP contribution in [0.1, 0.15) is 11.6 Å². The minimum Gasteiger partial charge on any atom is -0.457 e. The average molecular weight is 229 g/mol. The molecular formula is C14H15NO2. The Kier molecular flexibility index (Phi) is 3.75. The SMILES string of the molecule is N[C@H](CO)c1cccc(Oc2ccccc2)c1. The minimum atomic E-state index is -0.366. The van der Waals surface area contributed by atoms with Crippen molar-refractivity contribution in [2.75, 3.05) is 6.61 Å². The molecule has 3 nitrogen and oxygen atoms in total. The molecule has 0 aliphatic carbocycles. The summed E-state index contributed by atoms with van der Waals surface area (Å²) in [5.74, 6) is 1.50. The lowest BCUT2D eigenvalue weighted by Crippen LogP contribution is -2.14. The van der Waals surface area contributed by atoms with Gasteiger partial charge in [0.25, 0.3) is 0 Å². The van der Waals surface area contributed by atoms with Crippen LogP contribution in [0.5, 0.6) is 11.5 Å². The van der Waals surface area contributed by atoms with E-state index in [1.54, 1.807) is 0 Å². The summed E-state index contributed by atoms with van der Waals surface area (Å²) in [6.45, 7) is -0.0746. The summed E-state index contributed by atoms with van der Waals surface area (Å²) in [4.78, 5) is 0. The van der Waals surface area contributed by atoms with Gasteiger partial charge < -0.3 is 15.6 Å². The normalized spacial score (nSPS) is 12.1. The number of ether oxygens (including phenoxy) is 1. The molecule has 0 saturated heterocycles. The highest BCUT2D eigenvalue weighted by Crippen LogP contribution is 2.23. The van der Waals surface area contributed by atoms with E-state index in [0.717, 1.165) is 17.1 Å². The molecular weight excluding hydrogens is 214 g/mol. The highest BCUT2D eigenvalue weighted by Gasteiger charge is 2.05. The fourth-order valence-electron chi connectivity index (χ4n) is 1.54. The Hall–Kier alpha value is -1.84. The van der Waals surface area contributed by atoms with Crippen LogP contribution in [0.15, 0.2) is 54.6 Å². The van der Waals surface area contributed by atoms with Crippen molar-refractivity contribution >= 4 is 0 Å². The second kappa shape index (κ2) is 5.48. The topological polar surface area (TPSA) is 55.5 Å². The molecule has 0 spiro atoms. The van der Waals surface area contributed by atoms with Gasteiger partial charge in [0.2, 0.25) is 0 Å². The monoisotopic (exact) mass is 229 g/mol. The lowest BCUT2D eigenvalue weighted by molar-refractivity contribution is 0.268. The van der Waals surface area contributed by atoms with E-state index in [9.17, 15) is 0 Å². The molecule has 0 aromatic heterocycles. The Morgan fingerprint density at radius 3 is 2.41 bits per heavy atom. The van der Waals surface area contributed by atoms with Crippen molar-refractivity contribution in [1.82, 2.24) is 0 Å². The molecule has 0 aliphatic rings. The van der Waals surface area contributed by atoms with Crippen LogP contribution in [0.2, 0.25) is 0 Å². The Morgan fingerprint density at radius 2 is 1.71 bits per heavy atom. The van der Waals surface area contributed by atoms with E-state index >= 15 is 0 Å². The summed E-state index contributed by atoms with van der Waals surface area (Å²) in [5.41, 5.74) is 6.61. The van der Waals surface area contributed by atoms with Crippen LogP contribution >= 0.6 is 0 Å². The molecule has 0 heterocycles. The van der Waals surface area contributed by atoms with Crippen LogP contribution in [0.4, 0.5) is 0 Å². The molecule has 0 unspecified atom stereocenters. The molecule has 0 saturated carbocycles. The van der Waals surface area contributed by atoms with Crippen molar-refractivity contribution in [3.8, 4) is 11.5 Å². The van der Waals surface area contributed by atoms with Gasteiger partial charge in [0.05, 0.1) is 12.6 Å². The maximum absolute atomic E-state index is 9.00. The summed E-state index contributed by atoms with van der Waals surface area (Å²) in [5, 5.41) is 9.00. The zero-order chi connectivity index (χ0) is 12.1. The van der Waals surface area contributed by atoms with Gasteiger partial charge in [0, 0.05) is 0 Å². The van der Waals surface area contributed by atoms with Crippen LogP contribution in [0.25, 0.3) is 0 Å². The third kappa shape index (κ3) is 3.06. The van der Waals surface area contributed by atoms with Gasteiger partial charge in [0.15, 0.2) is 0 Å². The van der Waals surface area contributed by atoms with Crippen molar-refractivity contribution in [3.63, 3.8) is 0 Å². The van der Waals surface area contributed by atoms with E-state index < -0.39 is 0 Å². The smallest absolute Gasteiger partial charge is 0.127 e. The first-order valence-electron chi connectivity index (χ1n) is 5.49. The first-order valence-corrected chi connectivity index (χ1v) is 5.49. The molecule has 0 fully saturated rings. The zero-order valence-electron chi connectivity index (χ0n) is 9.41. The van der Waals surface area contributed by atoms with E-state index in [1.807, 2.05) is 54.6 Å². The van der Waals surface area contributed by atoms with Gasteiger partial charge in [0.1, 0.15) is 11.5 Å². The minimum absolute atomic E-state index is 0.0746. The first-order chi connectivity index (χ1) is 8.29. The van der Waals surface area contributed by atoms with E-state index in [1.165, 1.54) is 0 Å². The lowest BCUT2D eigenvalue weighted by Gasteiger charge is -2.11. The molecule has 17 heavy (non-hydrogen) atoms. The van der Waals surface area contributed by atoms with E-state index in [2.05, 4.69) is 0 Å². The predicted octanol–water partition coefficient (Wildman–Crippen LogP) is 2.47. The van der Waals surface area contributed by atoms with Gasteiger partial charge in [-0.1, -0.05) is 30.3 Å². The maximum Gasteiger partial charge on any atom is 0.127 e. The number of aliphatic hydroxyl groups is 1. The molecule has 0 radical (unpaired) electrons. The predicted molar refractivity (Wildman–Crippen MR) is 67.0 cm³/mol. The molecule has 2 rings (SSSR count). The van der Waals surface area contributed by atoms with E-state index in [4.69, 9.17) is 15.6 Å². The number of nitrogens with two attached hydrogens (primary N) is 1. The summed E-state index contributed by atoms with van der Waals surface area (Å²) in [7, 11) is 0. The standard InChI is InChI=1S/C14H15NO2/c15-14(10-16)11-5-4-8-13(9-11)17-12-6-2-1-3-7-12/h1-9,14,16H,10,15H2/t14-/m1/s1. The molecule has 0 bridgehead atoms. The van der Waals surface area contributed by atoms with Crippen molar-refractivity contribution in [3.05, 3.63) is 60.2 Å². The molecule has 0 aliphatic heterocycles. The Labute approximate surface area is 100 Å². The molecule has 3 heteroatoms. The van der Waals surface area contributed by atoms with Crippen LogP contribution in [0.3, 0.4) is 0 Å². The first kappa shape index (κ1) is 11.6. The molecule has 0 amide bonds. The fourth-order valence-corrected chi connectivity index (χ4v) is 1.54. The Morgan fingerprint density at radius 1 is 1.00 bits per heavy atom. The zero-order valence-corrected chi connectivity index (χ0v) is 9.41. The third-order valence-corrected chi connectivity index (χ3v) is 2.46. The molecule has 1 atom stereocenters. The van der Waals surface area contributed by atoms with Crippen molar-refractivity contribution in [2.24, 2.45) is 5.73 Å². The van der Waals surface area contributed by atoms with Gasteiger partial charge in [-0.25, -0.2) is 0 Å². The van der Waals surface area contributed by atoms with Crippen molar-refractivity contribution < 1.29 is 9.84 Å². The second-order valence-corrected chi connectivity index (χ2v) is 3.78. The number of para-hydroxylation sites is 1. The molecule has 2 aromatic rings. The van der Waals surface area contributed by atoms with Gasteiger partial charge in [-0.3, -0.25) is 0 Å². The highest BCUT2D eigenvalue weighted by atomic mass is 16.5. The summed E-state index contributed by atoms with van der Waals surface area (Å²) < 4.78 is 5.68. The van der Waals surface area contributed by atoms with Crippen LogP contribution in [-0.2, 0) is 0 Å². The van der Waals surface area contributed by atoms with E-state index in [0.29, 0.717) is 0 Å². The number of benzene rings is 2. The number of aliphatic hydroxyl groups excluding tert-OH is 1. The Balaban J connectivity index is 2.17. The van der Waals surface area contributed by atoms with Crippen LogP contribution in [0, 0.1) is 0 Å². The third-order valence-electron chi connectivity index (χ3n) is 2.46. The lowest BCUT2D eigenvalue weighted by atomic mass is 10.1. The van der Waals surface area contributed by atoms with Crippen LogP contribution in [-0.4, -0.2) is 11.7 Å². The van der Waals surface area contributed by atoms with Gasteiger partial charge >= 0.3 is 0 Å². The summed E-state index contributed by atoms with van der Waals surface area (Å²) >= 11 is 0. The van der Waals surface area contributed by atoms with E-state index in [-0.39, 0.29) is 12.6 Å². The second-order valence-electron chi connectivity index (χ2n) is 3.78. The van der Waals surface area contributed by atoms with Gasteiger partial charge in [-0.05, 0) is 29.8 Å². The van der Waals surface area contributed by atoms with Crippen LogP contribution < -0.4 is 10.5 Å². The quantitative estimate of drug-likeness (QED) is 0.846. The summed E-state index contributed by atoms with van der Waals surface area (Å²) in [6, 6.07) is 16.6. The van der Waals surface area contributed by atoms with Crippen molar-refractivity contribution in [2.45, 2.75) is 6.04 Å². The average Bonchev–Trinajstić information content (AvgIpc) is 2.39. The number of rotatable bonds is 4.